The molecule has 2 N–H and O–H groups in total. The van der Waals surface area contributed by atoms with Crippen LogP contribution >= 0.6 is 0 Å². The molecule has 3 aromatic rings. The molecule has 1 aliphatic rings. The van der Waals surface area contributed by atoms with Crippen molar-refractivity contribution >= 4 is 22.6 Å². The molecule has 1 aromatic heterocycles. The first kappa shape index (κ1) is 23.2. The quantitative estimate of drug-likeness (QED) is 0.161. The number of aliphatic hydroxyl groups excluding tert-OH is 1. The van der Waals surface area contributed by atoms with Crippen molar-refractivity contribution in [1.82, 2.24) is 0 Å². The standard InChI is InChI=1S/C27H33NO5/c1-2-3-4-9-23(29)28-22-13-11-19(12-14-22)7-6-16-31-27-25-21(15-17-32-25)18-20-8-5-10-24(30)33-26(20)27/h11-15,17-18,23,28-29H,2-10,16H2,1H3. The summed E-state index contributed by atoms with van der Waals surface area (Å²) in [5.74, 6) is 0.806. The third-order valence-corrected chi connectivity index (χ3v) is 6.00. The van der Waals surface area contributed by atoms with E-state index in [2.05, 4.69) is 24.4 Å². The lowest BCUT2D eigenvalue weighted by Crippen LogP contribution is -2.18. The Balaban J connectivity index is 1.32. The first-order valence-corrected chi connectivity index (χ1v) is 12.0. The van der Waals surface area contributed by atoms with Crippen LogP contribution < -0.4 is 14.8 Å². The summed E-state index contributed by atoms with van der Waals surface area (Å²) in [7, 11) is 0. The Morgan fingerprint density at radius 3 is 2.79 bits per heavy atom. The van der Waals surface area contributed by atoms with Crippen LogP contribution in [0.2, 0.25) is 0 Å². The van der Waals surface area contributed by atoms with Crippen LogP contribution in [0.4, 0.5) is 5.69 Å². The van der Waals surface area contributed by atoms with Crippen molar-refractivity contribution in [3.05, 3.63) is 53.8 Å². The van der Waals surface area contributed by atoms with Crippen LogP contribution in [0.3, 0.4) is 0 Å². The lowest BCUT2D eigenvalue weighted by molar-refractivity contribution is -0.134. The van der Waals surface area contributed by atoms with Gasteiger partial charge in [-0.1, -0.05) is 31.9 Å². The zero-order chi connectivity index (χ0) is 23.0. The molecule has 0 saturated carbocycles. The number of carbonyl (C=O) groups excluding carboxylic acids is 1. The molecular formula is C27H33NO5. The predicted molar refractivity (Wildman–Crippen MR) is 129 cm³/mol. The normalized spacial score (nSPS) is 14.4. The number of esters is 1. The van der Waals surface area contributed by atoms with Gasteiger partial charge in [0.1, 0.15) is 6.23 Å². The molecule has 33 heavy (non-hydrogen) atoms. The molecule has 2 heterocycles. The summed E-state index contributed by atoms with van der Waals surface area (Å²) in [5.41, 5.74) is 3.74. The monoisotopic (exact) mass is 451 g/mol. The third kappa shape index (κ3) is 6.08. The van der Waals surface area contributed by atoms with E-state index in [1.807, 2.05) is 24.3 Å². The van der Waals surface area contributed by atoms with Gasteiger partial charge in [0.25, 0.3) is 0 Å². The maximum absolute atomic E-state index is 12.0. The fourth-order valence-corrected chi connectivity index (χ4v) is 4.21. The highest BCUT2D eigenvalue weighted by Crippen LogP contribution is 2.42. The summed E-state index contributed by atoms with van der Waals surface area (Å²) in [5, 5.41) is 14.2. The predicted octanol–water partition coefficient (Wildman–Crippen LogP) is 6.00. The molecular weight excluding hydrogens is 418 g/mol. The van der Waals surface area contributed by atoms with Crippen molar-refractivity contribution in [2.75, 3.05) is 11.9 Å². The lowest BCUT2D eigenvalue weighted by atomic mass is 10.1. The van der Waals surface area contributed by atoms with Crippen molar-refractivity contribution in [3.63, 3.8) is 0 Å². The Labute approximate surface area is 194 Å². The van der Waals surface area contributed by atoms with Gasteiger partial charge in [-0.2, -0.15) is 0 Å². The molecule has 2 aromatic carbocycles. The first-order valence-electron chi connectivity index (χ1n) is 12.0. The lowest BCUT2D eigenvalue weighted by Gasteiger charge is -2.15. The zero-order valence-corrected chi connectivity index (χ0v) is 19.3. The SMILES string of the molecule is CCCCCC(O)Nc1ccc(CCCOc2c3c(cc4ccoc24)CCCC(=O)O3)cc1. The van der Waals surface area contributed by atoms with Crippen molar-refractivity contribution in [2.24, 2.45) is 0 Å². The smallest absolute Gasteiger partial charge is 0.311 e. The molecule has 1 atom stereocenters. The van der Waals surface area contributed by atoms with E-state index in [0.29, 0.717) is 30.1 Å². The number of aliphatic hydroxyl groups is 1. The van der Waals surface area contributed by atoms with Crippen LogP contribution in [0.5, 0.6) is 11.5 Å². The summed E-state index contributed by atoms with van der Waals surface area (Å²) in [6.07, 6.45) is 8.83. The Hall–Kier alpha value is -2.99. The third-order valence-electron chi connectivity index (χ3n) is 6.00. The van der Waals surface area contributed by atoms with Crippen molar-refractivity contribution in [2.45, 2.75) is 70.9 Å². The second-order valence-corrected chi connectivity index (χ2v) is 8.67. The summed E-state index contributed by atoms with van der Waals surface area (Å²) in [6.45, 7) is 2.64. The van der Waals surface area contributed by atoms with E-state index < -0.39 is 6.23 Å². The molecule has 0 fully saturated rings. The van der Waals surface area contributed by atoms with Gasteiger partial charge in [0.2, 0.25) is 5.75 Å². The minimum absolute atomic E-state index is 0.228. The second-order valence-electron chi connectivity index (χ2n) is 8.67. The molecule has 1 unspecified atom stereocenters. The van der Waals surface area contributed by atoms with Gasteiger partial charge in [-0.25, -0.2) is 0 Å². The van der Waals surface area contributed by atoms with Crippen LogP contribution in [0.1, 0.15) is 63.0 Å². The summed E-state index contributed by atoms with van der Waals surface area (Å²) >= 11 is 0. The minimum atomic E-state index is -0.510. The van der Waals surface area contributed by atoms with E-state index in [1.54, 1.807) is 6.26 Å². The fraction of sp³-hybridized carbons (Fsp3) is 0.444. The summed E-state index contributed by atoms with van der Waals surface area (Å²) in [4.78, 5) is 12.0. The van der Waals surface area contributed by atoms with E-state index in [4.69, 9.17) is 13.9 Å². The average Bonchev–Trinajstić information content (AvgIpc) is 3.19. The molecule has 4 rings (SSSR count). The van der Waals surface area contributed by atoms with Crippen molar-refractivity contribution in [1.29, 1.82) is 0 Å². The largest absolute Gasteiger partial charge is 0.486 e. The molecule has 0 spiro atoms. The number of unbranched alkanes of at least 4 members (excludes halogenated alkanes) is 2. The summed E-state index contributed by atoms with van der Waals surface area (Å²) < 4.78 is 17.4. The summed E-state index contributed by atoms with van der Waals surface area (Å²) in [6, 6.07) is 12.1. The van der Waals surface area contributed by atoms with Crippen LogP contribution in [-0.4, -0.2) is 23.9 Å². The maximum Gasteiger partial charge on any atom is 0.311 e. The van der Waals surface area contributed by atoms with Gasteiger partial charge in [0, 0.05) is 17.5 Å². The average molecular weight is 452 g/mol. The maximum atomic E-state index is 12.0. The van der Waals surface area contributed by atoms with Crippen LogP contribution in [0.15, 0.2) is 47.1 Å². The Kier molecular flexibility index (Phi) is 7.89. The number of rotatable bonds is 11. The van der Waals surface area contributed by atoms with Crippen LogP contribution in [0.25, 0.3) is 11.0 Å². The number of hydrogen-bond donors (Lipinski definition) is 2. The number of nitrogens with one attached hydrogen (secondary N) is 1. The molecule has 176 valence electrons. The van der Waals surface area contributed by atoms with Crippen molar-refractivity contribution in [3.8, 4) is 11.5 Å². The molecule has 1 aliphatic heterocycles. The second kappa shape index (κ2) is 11.2. The van der Waals surface area contributed by atoms with Gasteiger partial charge in [-0.05, 0) is 73.9 Å². The van der Waals surface area contributed by atoms with Crippen LogP contribution in [0, 0.1) is 0 Å². The molecule has 0 amide bonds. The molecule has 0 aliphatic carbocycles. The Morgan fingerprint density at radius 2 is 1.97 bits per heavy atom. The highest BCUT2D eigenvalue weighted by Gasteiger charge is 2.23. The molecule has 0 radical (unpaired) electrons. The zero-order valence-electron chi connectivity index (χ0n) is 19.3. The van der Waals surface area contributed by atoms with Crippen LogP contribution in [-0.2, 0) is 17.6 Å². The number of benzene rings is 2. The molecule has 6 nitrogen and oxygen atoms in total. The number of ether oxygens (including phenoxy) is 2. The fourth-order valence-electron chi connectivity index (χ4n) is 4.21. The van der Waals surface area contributed by atoms with E-state index in [-0.39, 0.29) is 5.97 Å². The van der Waals surface area contributed by atoms with E-state index in [1.165, 1.54) is 5.56 Å². The van der Waals surface area contributed by atoms with E-state index in [9.17, 15) is 9.90 Å². The topological polar surface area (TPSA) is 80.9 Å². The number of anilines is 1. The molecule has 6 heteroatoms. The van der Waals surface area contributed by atoms with Gasteiger partial charge in [-0.3, -0.25) is 4.79 Å². The Morgan fingerprint density at radius 1 is 1.12 bits per heavy atom. The van der Waals surface area contributed by atoms with Gasteiger partial charge in [-0.15, -0.1) is 0 Å². The number of fused-ring (bicyclic) bond motifs is 2. The molecule has 0 bridgehead atoms. The van der Waals surface area contributed by atoms with E-state index in [0.717, 1.165) is 68.0 Å². The van der Waals surface area contributed by atoms with Gasteiger partial charge in [0.15, 0.2) is 11.3 Å². The highest BCUT2D eigenvalue weighted by molar-refractivity contribution is 5.89. The van der Waals surface area contributed by atoms with Gasteiger partial charge < -0.3 is 24.3 Å². The number of aryl methyl sites for hydroxylation is 2. The minimum Gasteiger partial charge on any atom is -0.486 e. The number of hydrogen-bond acceptors (Lipinski definition) is 6. The first-order chi connectivity index (χ1) is 16.1. The molecule has 0 saturated heterocycles. The number of carbonyl (C=O) groups is 1. The van der Waals surface area contributed by atoms with Gasteiger partial charge in [0.05, 0.1) is 12.9 Å². The van der Waals surface area contributed by atoms with Gasteiger partial charge >= 0.3 is 5.97 Å². The highest BCUT2D eigenvalue weighted by atomic mass is 16.6. The van der Waals surface area contributed by atoms with Crippen molar-refractivity contribution < 1.29 is 23.8 Å². The number of furan rings is 1. The Bertz CT molecular complexity index is 1060. The van der Waals surface area contributed by atoms with E-state index >= 15 is 0 Å².